The molecule has 3 aromatic heterocycles. The highest BCUT2D eigenvalue weighted by Gasteiger charge is 2.55. The first-order valence-corrected chi connectivity index (χ1v) is 14.7. The molecule has 1 spiro atoms. The number of hydrogen-bond donors (Lipinski definition) is 2. The van der Waals surface area contributed by atoms with E-state index in [2.05, 4.69) is 20.6 Å². The number of pyridine rings is 2. The van der Waals surface area contributed by atoms with Crippen LogP contribution >= 0.6 is 11.3 Å². The lowest BCUT2D eigenvalue weighted by atomic mass is 9.61. The van der Waals surface area contributed by atoms with Crippen LogP contribution in [0.15, 0.2) is 41.9 Å². The highest BCUT2D eigenvalue weighted by molar-refractivity contribution is 7.10. The summed E-state index contributed by atoms with van der Waals surface area (Å²) in [6.45, 7) is 4.73. The number of ether oxygens (including phenoxy) is 2. The lowest BCUT2D eigenvalue weighted by Crippen LogP contribution is -2.65. The minimum atomic E-state index is -4.46. The lowest BCUT2D eigenvalue weighted by Gasteiger charge is -2.58. The van der Waals surface area contributed by atoms with Crippen molar-refractivity contribution in [2.75, 3.05) is 32.8 Å². The molecule has 3 aromatic rings. The molecule has 0 radical (unpaired) electrons. The van der Waals surface area contributed by atoms with Crippen LogP contribution in [0.25, 0.3) is 11.3 Å². The number of nitrogens with zero attached hydrogens (tertiary/aromatic N) is 3. The first kappa shape index (κ1) is 28.4. The van der Waals surface area contributed by atoms with E-state index in [9.17, 15) is 22.8 Å². The minimum absolute atomic E-state index is 0.00547. The van der Waals surface area contributed by atoms with Gasteiger partial charge in [0.2, 0.25) is 5.88 Å². The Balaban J connectivity index is 1.13. The molecule has 2 aliphatic heterocycles. The Bertz CT molecular complexity index is 1480. The predicted molar refractivity (Wildman–Crippen MR) is 149 cm³/mol. The Morgan fingerprint density at radius 3 is 2.74 bits per heavy atom. The molecule has 13 heteroatoms. The number of nitrogens with one attached hydrogen (secondary N) is 2. The Labute approximate surface area is 244 Å². The number of alkyl halides is 3. The van der Waals surface area contributed by atoms with Gasteiger partial charge in [-0.25, -0.2) is 9.97 Å². The SMILES string of the molecule is CCOc1ncccc1-c1ccc(OC2CC3(C2)CN(C(=O)c2csc(C(F)(F)F)c2)C3)c(C(=O)N[C@@H]2CCNC2)n1. The zero-order chi connectivity index (χ0) is 29.5. The quantitative estimate of drug-likeness (QED) is 0.395. The molecule has 5 heterocycles. The summed E-state index contributed by atoms with van der Waals surface area (Å²) < 4.78 is 50.8. The van der Waals surface area contributed by atoms with Gasteiger partial charge < -0.3 is 25.0 Å². The van der Waals surface area contributed by atoms with E-state index in [0.717, 1.165) is 19.0 Å². The molecule has 2 saturated heterocycles. The summed E-state index contributed by atoms with van der Waals surface area (Å²) in [6, 6.07) is 8.04. The van der Waals surface area contributed by atoms with E-state index in [1.165, 1.54) is 5.38 Å². The van der Waals surface area contributed by atoms with Gasteiger partial charge in [-0.2, -0.15) is 13.2 Å². The molecule has 3 aliphatic rings. The molecule has 3 fully saturated rings. The molecule has 2 N–H and O–H groups in total. The summed E-state index contributed by atoms with van der Waals surface area (Å²) in [5, 5.41) is 7.54. The van der Waals surface area contributed by atoms with Gasteiger partial charge in [-0.05, 0) is 63.1 Å². The summed E-state index contributed by atoms with van der Waals surface area (Å²) in [5.41, 5.74) is 1.31. The van der Waals surface area contributed by atoms with Crippen LogP contribution < -0.4 is 20.1 Å². The van der Waals surface area contributed by atoms with Crippen molar-refractivity contribution in [1.82, 2.24) is 25.5 Å². The molecule has 1 aliphatic carbocycles. The van der Waals surface area contributed by atoms with Crippen molar-refractivity contribution in [2.24, 2.45) is 5.41 Å². The molecular weight excluding hydrogens is 571 g/mol. The van der Waals surface area contributed by atoms with Gasteiger partial charge in [0.1, 0.15) is 11.0 Å². The first-order chi connectivity index (χ1) is 20.1. The smallest absolute Gasteiger partial charge is 0.425 e. The number of halogens is 3. The first-order valence-electron chi connectivity index (χ1n) is 13.9. The van der Waals surface area contributed by atoms with E-state index in [-0.39, 0.29) is 34.7 Å². The number of carbonyl (C=O) groups excluding carboxylic acids is 2. The Morgan fingerprint density at radius 2 is 2.05 bits per heavy atom. The molecule has 0 unspecified atom stereocenters. The highest BCUT2D eigenvalue weighted by atomic mass is 32.1. The van der Waals surface area contributed by atoms with E-state index >= 15 is 0 Å². The zero-order valence-corrected chi connectivity index (χ0v) is 23.7. The van der Waals surface area contributed by atoms with Gasteiger partial charge in [0.05, 0.1) is 23.4 Å². The minimum Gasteiger partial charge on any atom is -0.488 e. The van der Waals surface area contributed by atoms with Crippen LogP contribution in [0.3, 0.4) is 0 Å². The normalized spacial score (nSPS) is 19.7. The maximum absolute atomic E-state index is 13.4. The van der Waals surface area contributed by atoms with E-state index < -0.39 is 17.0 Å². The number of likely N-dealkylation sites (tertiary alicyclic amines) is 1. The summed E-state index contributed by atoms with van der Waals surface area (Å²) in [6.07, 6.45) is -0.847. The van der Waals surface area contributed by atoms with Crippen molar-refractivity contribution in [3.05, 3.63) is 58.0 Å². The zero-order valence-electron chi connectivity index (χ0n) is 22.9. The van der Waals surface area contributed by atoms with Gasteiger partial charge in [-0.1, -0.05) is 0 Å². The number of rotatable bonds is 8. The largest absolute Gasteiger partial charge is 0.488 e. The van der Waals surface area contributed by atoms with E-state index in [1.807, 2.05) is 13.0 Å². The molecule has 1 atom stereocenters. The molecule has 1 saturated carbocycles. The van der Waals surface area contributed by atoms with Crippen LogP contribution in [0.1, 0.15) is 51.9 Å². The molecular formula is C29H30F3N5O4S. The Kier molecular flexibility index (Phi) is 7.56. The third-order valence-corrected chi connectivity index (χ3v) is 8.85. The number of thiophene rings is 1. The average molecular weight is 602 g/mol. The van der Waals surface area contributed by atoms with E-state index in [0.29, 0.717) is 73.3 Å². The summed E-state index contributed by atoms with van der Waals surface area (Å²) in [7, 11) is 0. The predicted octanol–water partition coefficient (Wildman–Crippen LogP) is 4.40. The van der Waals surface area contributed by atoms with Crippen molar-refractivity contribution in [3.8, 4) is 22.9 Å². The van der Waals surface area contributed by atoms with Gasteiger partial charge in [0.15, 0.2) is 11.4 Å². The second-order valence-corrected chi connectivity index (χ2v) is 11.9. The van der Waals surface area contributed by atoms with Gasteiger partial charge >= 0.3 is 6.18 Å². The summed E-state index contributed by atoms with van der Waals surface area (Å²) >= 11 is 0.529. The number of hydrogen-bond acceptors (Lipinski definition) is 8. The van der Waals surface area contributed by atoms with Gasteiger partial charge in [-0.3, -0.25) is 9.59 Å². The molecule has 2 amide bonds. The molecule has 6 rings (SSSR count). The fraction of sp³-hybridized carbons (Fsp3) is 0.448. The van der Waals surface area contributed by atoms with Gasteiger partial charge in [-0.15, -0.1) is 11.3 Å². The van der Waals surface area contributed by atoms with Gasteiger partial charge in [0.25, 0.3) is 11.8 Å². The Morgan fingerprint density at radius 1 is 1.24 bits per heavy atom. The molecule has 0 bridgehead atoms. The van der Waals surface area contributed by atoms with Crippen molar-refractivity contribution in [1.29, 1.82) is 0 Å². The maximum Gasteiger partial charge on any atom is 0.425 e. The lowest BCUT2D eigenvalue weighted by molar-refractivity contribution is -0.134. The second-order valence-electron chi connectivity index (χ2n) is 11.0. The molecule has 222 valence electrons. The van der Waals surface area contributed by atoms with Crippen LogP contribution in [0, 0.1) is 5.41 Å². The molecule has 9 nitrogen and oxygen atoms in total. The molecule has 42 heavy (non-hydrogen) atoms. The van der Waals surface area contributed by atoms with Crippen LogP contribution in [-0.2, 0) is 6.18 Å². The molecule has 0 aromatic carbocycles. The maximum atomic E-state index is 13.4. The topological polar surface area (TPSA) is 106 Å². The van der Waals surface area contributed by atoms with Crippen molar-refractivity contribution in [2.45, 2.75) is 44.5 Å². The van der Waals surface area contributed by atoms with Crippen LogP contribution in [0.5, 0.6) is 11.6 Å². The summed E-state index contributed by atoms with van der Waals surface area (Å²) in [5.74, 6) is 0.0771. The fourth-order valence-corrected chi connectivity index (χ4v) is 6.59. The van der Waals surface area contributed by atoms with Crippen molar-refractivity contribution in [3.63, 3.8) is 0 Å². The standard InChI is InChI=1S/C29H30F3N5O4S/c1-2-40-26-20(4-3-8-34-26)21-5-6-22(24(36-21)25(38)35-18-7-9-33-13-18)41-19-11-28(12-19)15-37(16-28)27(39)17-10-23(42-14-17)29(30,31)32/h3-6,8,10,14,18-19,33H,2,7,9,11-13,15-16H2,1H3,(H,35,38)/t18-/m1/s1. The monoisotopic (exact) mass is 601 g/mol. The van der Waals surface area contributed by atoms with Gasteiger partial charge in [0, 0.05) is 42.7 Å². The third-order valence-electron chi connectivity index (χ3n) is 7.88. The fourth-order valence-electron chi connectivity index (χ4n) is 5.84. The van der Waals surface area contributed by atoms with Crippen molar-refractivity contribution < 1.29 is 32.2 Å². The Hall–Kier alpha value is -3.71. The van der Waals surface area contributed by atoms with E-state index in [4.69, 9.17) is 9.47 Å². The average Bonchev–Trinajstić information content (AvgIpc) is 3.62. The van der Waals surface area contributed by atoms with Crippen LogP contribution in [0.4, 0.5) is 13.2 Å². The number of amides is 2. The van der Waals surface area contributed by atoms with Crippen LogP contribution in [0.2, 0.25) is 0 Å². The van der Waals surface area contributed by atoms with E-state index in [1.54, 1.807) is 29.3 Å². The number of aromatic nitrogens is 2. The highest BCUT2D eigenvalue weighted by Crippen LogP contribution is 2.50. The van der Waals surface area contributed by atoms with Crippen molar-refractivity contribution >= 4 is 23.2 Å². The second kappa shape index (κ2) is 11.2. The summed E-state index contributed by atoms with van der Waals surface area (Å²) in [4.78, 5) is 35.9. The third kappa shape index (κ3) is 5.67. The van der Waals surface area contributed by atoms with Crippen LogP contribution in [-0.4, -0.2) is 71.6 Å². The number of carbonyl (C=O) groups is 2.